The molecule has 0 aliphatic carbocycles. The van der Waals surface area contributed by atoms with Gasteiger partial charge in [0.15, 0.2) is 11.6 Å². The number of rotatable bonds is 6. The third-order valence-electron chi connectivity index (χ3n) is 5.13. The first kappa shape index (κ1) is 24.1. The highest BCUT2D eigenvalue weighted by atomic mass is 19.4. The Morgan fingerprint density at radius 3 is 2.69 bits per heavy atom. The first-order valence-corrected chi connectivity index (χ1v) is 10.5. The Morgan fingerprint density at radius 2 is 1.97 bits per heavy atom. The number of hydrogen-bond donors (Lipinski definition) is 3. The summed E-state index contributed by atoms with van der Waals surface area (Å²) in [5.74, 6) is -1.14. The van der Waals surface area contributed by atoms with Gasteiger partial charge in [0.25, 0.3) is 5.91 Å². The molecular formula is C22H21F4N7O2. The molecule has 184 valence electrons. The second-order valence-corrected chi connectivity index (χ2v) is 7.70. The van der Waals surface area contributed by atoms with E-state index in [-0.39, 0.29) is 29.2 Å². The molecule has 0 spiro atoms. The van der Waals surface area contributed by atoms with E-state index in [1.165, 1.54) is 30.5 Å². The molecule has 4 rings (SSSR count). The number of hydrogen-bond acceptors (Lipinski definition) is 8. The van der Waals surface area contributed by atoms with E-state index in [9.17, 15) is 22.4 Å². The molecule has 1 amide bonds. The van der Waals surface area contributed by atoms with Crippen molar-refractivity contribution in [3.8, 4) is 0 Å². The smallest absolute Gasteiger partial charge is 0.377 e. The average Bonchev–Trinajstić information content (AvgIpc) is 2.84. The zero-order valence-electron chi connectivity index (χ0n) is 18.4. The Bertz CT molecular complexity index is 1190. The number of alkyl halides is 3. The number of halogens is 4. The highest BCUT2D eigenvalue weighted by Gasteiger charge is 2.30. The number of ether oxygens (including phenoxy) is 1. The van der Waals surface area contributed by atoms with Crippen molar-refractivity contribution < 1.29 is 27.1 Å². The summed E-state index contributed by atoms with van der Waals surface area (Å²) in [6.45, 7) is 3.23. The van der Waals surface area contributed by atoms with Crippen LogP contribution in [0.2, 0.25) is 0 Å². The quantitative estimate of drug-likeness (QED) is 0.354. The topological polar surface area (TPSA) is 104 Å². The van der Waals surface area contributed by atoms with Gasteiger partial charge >= 0.3 is 6.18 Å². The number of benzene rings is 1. The summed E-state index contributed by atoms with van der Waals surface area (Å²) in [5.41, 5.74) is 4.76. The average molecular weight is 491 g/mol. The van der Waals surface area contributed by atoms with Gasteiger partial charge in [-0.3, -0.25) is 15.6 Å². The lowest BCUT2D eigenvalue weighted by Crippen LogP contribution is -2.44. The maximum atomic E-state index is 14.3. The molecule has 1 fully saturated rings. The van der Waals surface area contributed by atoms with E-state index in [4.69, 9.17) is 4.74 Å². The number of anilines is 4. The molecule has 3 heterocycles. The second-order valence-electron chi connectivity index (χ2n) is 7.70. The lowest BCUT2D eigenvalue weighted by Gasteiger charge is -2.34. The number of pyridine rings is 1. The summed E-state index contributed by atoms with van der Waals surface area (Å²) in [4.78, 5) is 26.2. The Hall–Kier alpha value is -4.00. The van der Waals surface area contributed by atoms with Crippen LogP contribution in [-0.4, -0.2) is 46.7 Å². The molecule has 35 heavy (non-hydrogen) atoms. The highest BCUT2D eigenvalue weighted by molar-refractivity contribution is 5.93. The molecule has 13 heteroatoms. The Balaban J connectivity index is 1.37. The fourth-order valence-electron chi connectivity index (χ4n) is 3.38. The summed E-state index contributed by atoms with van der Waals surface area (Å²) >= 11 is 0. The predicted molar refractivity (Wildman–Crippen MR) is 120 cm³/mol. The molecule has 0 radical (unpaired) electrons. The van der Waals surface area contributed by atoms with Gasteiger partial charge in [0.05, 0.1) is 42.9 Å². The van der Waals surface area contributed by atoms with Gasteiger partial charge in [0.1, 0.15) is 5.69 Å². The summed E-state index contributed by atoms with van der Waals surface area (Å²) in [7, 11) is 0. The maximum Gasteiger partial charge on any atom is 0.416 e. The van der Waals surface area contributed by atoms with E-state index in [0.717, 1.165) is 18.3 Å². The minimum Gasteiger partial charge on any atom is -0.377 e. The molecule has 1 saturated heterocycles. The lowest BCUT2D eigenvalue weighted by atomic mass is 10.2. The molecule has 1 aliphatic heterocycles. The normalized spacial score (nSPS) is 16.0. The third-order valence-corrected chi connectivity index (χ3v) is 5.13. The molecular weight excluding hydrogens is 470 g/mol. The molecule has 3 N–H and O–H groups in total. The first-order chi connectivity index (χ1) is 16.7. The van der Waals surface area contributed by atoms with Crippen LogP contribution in [0.15, 0.2) is 48.8 Å². The standard InChI is InChI=1S/C22H21F4N7O2/c1-13-12-35-8-7-33(13)19-17(23)11-28-21(30-19)32-31-20(34)18-6-5-16(10-27-18)29-15-4-2-3-14(9-15)22(24,25)26/h2-6,9-11,13,29H,7-8,12H2,1H3,(H,31,34)(H,28,30,32). The van der Waals surface area contributed by atoms with Gasteiger partial charge in [-0.1, -0.05) is 6.07 Å². The zero-order chi connectivity index (χ0) is 25.0. The van der Waals surface area contributed by atoms with Gasteiger partial charge < -0.3 is 15.0 Å². The lowest BCUT2D eigenvalue weighted by molar-refractivity contribution is -0.137. The van der Waals surface area contributed by atoms with Crippen LogP contribution < -0.4 is 21.1 Å². The van der Waals surface area contributed by atoms with Crippen LogP contribution in [-0.2, 0) is 10.9 Å². The fourth-order valence-corrected chi connectivity index (χ4v) is 3.38. The summed E-state index contributed by atoms with van der Waals surface area (Å²) in [6, 6.07) is 7.51. The van der Waals surface area contributed by atoms with Gasteiger partial charge in [0.2, 0.25) is 5.95 Å². The van der Waals surface area contributed by atoms with E-state index in [2.05, 4.69) is 31.1 Å². The van der Waals surface area contributed by atoms with Crippen molar-refractivity contribution in [2.75, 3.05) is 35.4 Å². The van der Waals surface area contributed by atoms with E-state index in [1.54, 1.807) is 4.90 Å². The number of carbonyl (C=O) groups excluding carboxylic acids is 1. The van der Waals surface area contributed by atoms with Crippen molar-refractivity contribution in [1.29, 1.82) is 0 Å². The van der Waals surface area contributed by atoms with Crippen LogP contribution in [0.1, 0.15) is 23.0 Å². The molecule has 1 aliphatic rings. The van der Waals surface area contributed by atoms with Crippen LogP contribution in [0.5, 0.6) is 0 Å². The largest absolute Gasteiger partial charge is 0.416 e. The number of aromatic nitrogens is 3. The van der Waals surface area contributed by atoms with Crippen molar-refractivity contribution in [2.45, 2.75) is 19.1 Å². The second kappa shape index (κ2) is 10.1. The number of nitrogens with one attached hydrogen (secondary N) is 3. The molecule has 3 aromatic rings. The Labute approximate surface area is 197 Å². The van der Waals surface area contributed by atoms with E-state index in [1.807, 2.05) is 6.92 Å². The number of hydrazine groups is 1. The van der Waals surface area contributed by atoms with Crippen molar-refractivity contribution in [3.05, 3.63) is 65.9 Å². The molecule has 9 nitrogen and oxygen atoms in total. The summed E-state index contributed by atoms with van der Waals surface area (Å²) in [6.07, 6.45) is -2.15. The van der Waals surface area contributed by atoms with Crippen molar-refractivity contribution in [1.82, 2.24) is 20.4 Å². The molecule has 2 aromatic heterocycles. The number of morpholine rings is 1. The number of amides is 1. The first-order valence-electron chi connectivity index (χ1n) is 10.5. The van der Waals surface area contributed by atoms with Gasteiger partial charge in [0, 0.05) is 12.2 Å². The molecule has 1 aromatic carbocycles. The minimum atomic E-state index is -4.46. The van der Waals surface area contributed by atoms with E-state index >= 15 is 0 Å². The molecule has 0 bridgehead atoms. The van der Waals surface area contributed by atoms with Crippen LogP contribution in [0.25, 0.3) is 0 Å². The Morgan fingerprint density at radius 1 is 1.14 bits per heavy atom. The SMILES string of the molecule is CC1COCCN1c1nc(NNC(=O)c2ccc(Nc3cccc(C(F)(F)F)c3)cn2)ncc1F. The van der Waals surface area contributed by atoms with Gasteiger partial charge in [-0.2, -0.15) is 18.2 Å². The minimum absolute atomic E-state index is 0.0173. The van der Waals surface area contributed by atoms with Crippen LogP contribution in [0.4, 0.5) is 40.7 Å². The van der Waals surface area contributed by atoms with Gasteiger partial charge in [-0.15, -0.1) is 0 Å². The van der Waals surface area contributed by atoms with Crippen LogP contribution in [0, 0.1) is 5.82 Å². The summed E-state index contributed by atoms with van der Waals surface area (Å²) in [5, 5.41) is 2.81. The van der Waals surface area contributed by atoms with Crippen molar-refractivity contribution in [3.63, 3.8) is 0 Å². The monoisotopic (exact) mass is 491 g/mol. The number of carbonyl (C=O) groups is 1. The number of nitrogens with zero attached hydrogens (tertiary/aromatic N) is 4. The third kappa shape index (κ3) is 5.93. The van der Waals surface area contributed by atoms with E-state index < -0.39 is 23.5 Å². The fraction of sp³-hybridized carbons (Fsp3) is 0.273. The zero-order valence-corrected chi connectivity index (χ0v) is 18.4. The molecule has 1 unspecified atom stereocenters. The van der Waals surface area contributed by atoms with Crippen molar-refractivity contribution in [2.24, 2.45) is 0 Å². The molecule has 0 saturated carbocycles. The summed E-state index contributed by atoms with van der Waals surface area (Å²) < 4.78 is 58.2. The predicted octanol–water partition coefficient (Wildman–Crippen LogP) is 3.76. The Kier molecular flexibility index (Phi) is 6.96. The molecule has 1 atom stereocenters. The van der Waals surface area contributed by atoms with Gasteiger partial charge in [-0.05, 0) is 37.3 Å². The van der Waals surface area contributed by atoms with Crippen molar-refractivity contribution >= 4 is 29.0 Å². The maximum absolute atomic E-state index is 14.3. The highest BCUT2D eigenvalue weighted by Crippen LogP contribution is 2.31. The van der Waals surface area contributed by atoms with Crippen LogP contribution in [0.3, 0.4) is 0 Å². The van der Waals surface area contributed by atoms with E-state index in [0.29, 0.717) is 25.4 Å². The van der Waals surface area contributed by atoms with Crippen LogP contribution >= 0.6 is 0 Å². The van der Waals surface area contributed by atoms with Gasteiger partial charge in [-0.25, -0.2) is 14.4 Å².